The van der Waals surface area contributed by atoms with Gasteiger partial charge in [0, 0.05) is 31.3 Å². The van der Waals surface area contributed by atoms with Crippen LogP contribution in [0.4, 0.5) is 0 Å². The molecule has 0 radical (unpaired) electrons. The maximum absolute atomic E-state index is 11.2. The van der Waals surface area contributed by atoms with Crippen molar-refractivity contribution in [1.29, 1.82) is 0 Å². The van der Waals surface area contributed by atoms with Gasteiger partial charge in [-0.25, -0.2) is 9.50 Å². The van der Waals surface area contributed by atoms with E-state index in [9.17, 15) is 4.79 Å². The van der Waals surface area contributed by atoms with E-state index < -0.39 is 0 Å². The van der Waals surface area contributed by atoms with E-state index in [0.717, 1.165) is 18.8 Å². The first-order chi connectivity index (χ1) is 8.31. The summed E-state index contributed by atoms with van der Waals surface area (Å²) in [5.41, 5.74) is 0.705. The number of likely N-dealkylation sites (tertiary alicyclic amines) is 1. The normalized spacial score (nSPS) is 16.9. The fourth-order valence-electron chi connectivity index (χ4n) is 2.33. The van der Waals surface area contributed by atoms with Gasteiger partial charge in [-0.15, -0.1) is 0 Å². The molecule has 3 heterocycles. The number of pyridine rings is 1. The third kappa shape index (κ3) is 2.24. The van der Waals surface area contributed by atoms with Gasteiger partial charge in [0.05, 0.1) is 0 Å². The molecule has 90 valence electrons. The fraction of sp³-hybridized carbons (Fsp3) is 0.500. The highest BCUT2D eigenvalue weighted by Gasteiger charge is 2.11. The zero-order valence-corrected chi connectivity index (χ0v) is 9.72. The number of H-pyrrole nitrogens is 1. The summed E-state index contributed by atoms with van der Waals surface area (Å²) in [6, 6.07) is 3.09. The van der Waals surface area contributed by atoms with E-state index in [4.69, 9.17) is 0 Å². The van der Waals surface area contributed by atoms with E-state index in [-0.39, 0.29) is 5.43 Å². The monoisotopic (exact) mass is 232 g/mol. The van der Waals surface area contributed by atoms with E-state index in [2.05, 4.69) is 15.0 Å². The molecule has 0 atom stereocenters. The van der Waals surface area contributed by atoms with Crippen LogP contribution in [0, 0.1) is 0 Å². The fourth-order valence-corrected chi connectivity index (χ4v) is 2.33. The minimum absolute atomic E-state index is 0.00240. The zero-order valence-electron chi connectivity index (χ0n) is 9.72. The third-order valence-electron chi connectivity index (χ3n) is 3.27. The molecule has 2 aromatic rings. The molecule has 1 aliphatic rings. The lowest BCUT2D eigenvalue weighted by Gasteiger charge is -2.12. The van der Waals surface area contributed by atoms with E-state index in [1.54, 1.807) is 16.8 Å². The summed E-state index contributed by atoms with van der Waals surface area (Å²) in [5, 5.41) is 3.19. The first kappa shape index (κ1) is 10.5. The first-order valence-electron chi connectivity index (χ1n) is 6.11. The minimum Gasteiger partial charge on any atom is -0.303 e. The number of aromatic amines is 1. The second-order valence-electron chi connectivity index (χ2n) is 4.56. The molecular weight excluding hydrogens is 216 g/mol. The van der Waals surface area contributed by atoms with Gasteiger partial charge in [-0.3, -0.25) is 9.89 Å². The Morgan fingerprint density at radius 1 is 1.35 bits per heavy atom. The molecule has 0 saturated carbocycles. The maximum atomic E-state index is 11.2. The Kier molecular flexibility index (Phi) is 2.68. The van der Waals surface area contributed by atoms with Crippen molar-refractivity contribution in [3.8, 4) is 0 Å². The Morgan fingerprint density at radius 2 is 2.18 bits per heavy atom. The van der Waals surface area contributed by atoms with Gasteiger partial charge in [0.15, 0.2) is 11.1 Å². The number of hydrogen-bond acceptors (Lipinski definition) is 3. The van der Waals surface area contributed by atoms with Crippen LogP contribution in [-0.2, 0) is 6.42 Å². The molecule has 1 fully saturated rings. The molecule has 1 N–H and O–H groups in total. The average molecular weight is 232 g/mol. The summed E-state index contributed by atoms with van der Waals surface area (Å²) < 4.78 is 1.79. The Morgan fingerprint density at radius 3 is 3.00 bits per heavy atom. The average Bonchev–Trinajstić information content (AvgIpc) is 2.94. The van der Waals surface area contributed by atoms with Crippen LogP contribution in [0.3, 0.4) is 0 Å². The quantitative estimate of drug-likeness (QED) is 0.846. The second kappa shape index (κ2) is 4.33. The summed E-state index contributed by atoms with van der Waals surface area (Å²) in [6.45, 7) is 3.46. The number of nitrogens with zero attached hydrogens (tertiary/aromatic N) is 3. The van der Waals surface area contributed by atoms with Crippen LogP contribution in [0.5, 0.6) is 0 Å². The third-order valence-corrected chi connectivity index (χ3v) is 3.27. The molecule has 5 heteroatoms. The standard InChI is InChI=1S/C12H16N4O/c17-10-3-8-16-12(9-10)13-11(14-16)4-7-15-5-1-2-6-15/h3,8-9H,1-2,4-7H2,(H,13,14). The number of nitrogens with one attached hydrogen (secondary N) is 1. The van der Waals surface area contributed by atoms with Crippen molar-refractivity contribution in [3.63, 3.8) is 0 Å². The van der Waals surface area contributed by atoms with E-state index >= 15 is 0 Å². The van der Waals surface area contributed by atoms with Crippen molar-refractivity contribution in [3.05, 3.63) is 34.4 Å². The summed E-state index contributed by atoms with van der Waals surface area (Å²) in [6.07, 6.45) is 5.27. The first-order valence-corrected chi connectivity index (χ1v) is 6.11. The van der Waals surface area contributed by atoms with Gasteiger partial charge in [0.1, 0.15) is 5.82 Å². The molecular formula is C12H16N4O. The Hall–Kier alpha value is -1.62. The van der Waals surface area contributed by atoms with Crippen molar-refractivity contribution in [2.75, 3.05) is 19.6 Å². The molecule has 0 aliphatic carbocycles. The van der Waals surface area contributed by atoms with Gasteiger partial charge in [-0.1, -0.05) is 0 Å². The minimum atomic E-state index is 0.00240. The van der Waals surface area contributed by atoms with Crippen molar-refractivity contribution in [1.82, 2.24) is 19.5 Å². The summed E-state index contributed by atoms with van der Waals surface area (Å²) in [7, 11) is 0. The lowest BCUT2D eigenvalue weighted by molar-refractivity contribution is 0.341. The Labute approximate surface area is 99.1 Å². The molecule has 0 bridgehead atoms. The van der Waals surface area contributed by atoms with Crippen LogP contribution in [0.15, 0.2) is 23.1 Å². The number of fused-ring (bicyclic) bond motifs is 1. The zero-order chi connectivity index (χ0) is 11.7. The highest BCUT2D eigenvalue weighted by atomic mass is 16.1. The highest BCUT2D eigenvalue weighted by Crippen LogP contribution is 2.08. The van der Waals surface area contributed by atoms with Crippen molar-refractivity contribution < 1.29 is 0 Å². The number of aromatic nitrogens is 3. The molecule has 17 heavy (non-hydrogen) atoms. The predicted molar refractivity (Wildman–Crippen MR) is 65.2 cm³/mol. The van der Waals surface area contributed by atoms with Gasteiger partial charge >= 0.3 is 0 Å². The van der Waals surface area contributed by atoms with Crippen molar-refractivity contribution >= 4 is 5.65 Å². The predicted octanol–water partition coefficient (Wildman–Crippen LogP) is 0.661. The van der Waals surface area contributed by atoms with Crippen LogP contribution in [0.2, 0.25) is 0 Å². The molecule has 1 aliphatic heterocycles. The van der Waals surface area contributed by atoms with E-state index in [0.29, 0.717) is 5.65 Å². The molecule has 0 aromatic carbocycles. The molecule has 3 rings (SSSR count). The second-order valence-corrected chi connectivity index (χ2v) is 4.56. The van der Waals surface area contributed by atoms with Gasteiger partial charge in [0.2, 0.25) is 0 Å². The molecule has 0 amide bonds. The highest BCUT2D eigenvalue weighted by molar-refractivity contribution is 5.36. The molecule has 0 unspecified atom stereocenters. The van der Waals surface area contributed by atoms with E-state index in [1.165, 1.54) is 32.0 Å². The number of rotatable bonds is 3. The Balaban J connectivity index is 1.74. The smallest absolute Gasteiger partial charge is 0.183 e. The van der Waals surface area contributed by atoms with Crippen LogP contribution in [-0.4, -0.2) is 39.1 Å². The van der Waals surface area contributed by atoms with Crippen LogP contribution in [0.25, 0.3) is 5.65 Å². The van der Waals surface area contributed by atoms with Gasteiger partial charge in [-0.2, -0.15) is 0 Å². The molecule has 2 aromatic heterocycles. The lowest BCUT2D eigenvalue weighted by Crippen LogP contribution is -2.22. The largest absolute Gasteiger partial charge is 0.303 e. The van der Waals surface area contributed by atoms with Gasteiger partial charge in [0.25, 0.3) is 0 Å². The van der Waals surface area contributed by atoms with Crippen molar-refractivity contribution in [2.45, 2.75) is 19.3 Å². The SMILES string of the molecule is O=c1ccn2[nH]c(CCN3CCCC3)nc2c1. The Bertz CT molecular complexity index is 565. The summed E-state index contributed by atoms with van der Waals surface area (Å²) in [4.78, 5) is 18.1. The summed E-state index contributed by atoms with van der Waals surface area (Å²) >= 11 is 0. The number of hydrogen-bond donors (Lipinski definition) is 1. The van der Waals surface area contributed by atoms with E-state index in [1.807, 2.05) is 0 Å². The molecule has 5 nitrogen and oxygen atoms in total. The van der Waals surface area contributed by atoms with Crippen LogP contribution < -0.4 is 5.43 Å². The van der Waals surface area contributed by atoms with Crippen molar-refractivity contribution in [2.24, 2.45) is 0 Å². The van der Waals surface area contributed by atoms with Crippen LogP contribution in [0.1, 0.15) is 18.7 Å². The topological polar surface area (TPSA) is 53.4 Å². The molecule has 0 spiro atoms. The maximum Gasteiger partial charge on any atom is 0.183 e. The van der Waals surface area contributed by atoms with Gasteiger partial charge in [-0.05, 0) is 25.9 Å². The van der Waals surface area contributed by atoms with Gasteiger partial charge < -0.3 is 4.90 Å². The summed E-state index contributed by atoms with van der Waals surface area (Å²) in [5.74, 6) is 0.947. The molecule has 1 saturated heterocycles. The van der Waals surface area contributed by atoms with Crippen LogP contribution >= 0.6 is 0 Å². The lowest BCUT2D eigenvalue weighted by atomic mass is 10.4.